The van der Waals surface area contributed by atoms with Crippen LogP contribution in [0.2, 0.25) is 0 Å². The van der Waals surface area contributed by atoms with E-state index in [0.717, 1.165) is 35.3 Å². The standard InChI is InChI=1S/C27H30N4O/c1-18(2)22-12-14-23(15-13-22)25-17-29-31-20(4)24(16-28-26(25)31)27(32)30-19(3)10-11-21-8-6-5-7-9-21/h5-9,12-19H,10-11H2,1-4H3,(H,30,32)/t19-/m0/s1. The normalized spacial score (nSPS) is 12.3. The summed E-state index contributed by atoms with van der Waals surface area (Å²) in [6.45, 7) is 8.32. The molecule has 0 spiro atoms. The van der Waals surface area contributed by atoms with Crippen LogP contribution in [0, 0.1) is 6.92 Å². The number of amides is 1. The van der Waals surface area contributed by atoms with Crippen molar-refractivity contribution in [2.24, 2.45) is 0 Å². The molecule has 4 rings (SSSR count). The molecule has 0 aliphatic carbocycles. The number of hydrogen-bond donors (Lipinski definition) is 1. The van der Waals surface area contributed by atoms with Gasteiger partial charge < -0.3 is 5.32 Å². The Morgan fingerprint density at radius 1 is 1.00 bits per heavy atom. The van der Waals surface area contributed by atoms with Crippen molar-refractivity contribution in [1.82, 2.24) is 19.9 Å². The van der Waals surface area contributed by atoms with E-state index in [0.29, 0.717) is 11.5 Å². The minimum Gasteiger partial charge on any atom is -0.349 e. The molecule has 0 radical (unpaired) electrons. The van der Waals surface area contributed by atoms with Crippen LogP contribution >= 0.6 is 0 Å². The van der Waals surface area contributed by atoms with E-state index >= 15 is 0 Å². The zero-order valence-corrected chi connectivity index (χ0v) is 19.2. The average Bonchev–Trinajstić information content (AvgIpc) is 3.23. The molecule has 1 N–H and O–H groups in total. The molecule has 0 saturated heterocycles. The second-order valence-electron chi connectivity index (χ2n) is 8.73. The second-order valence-corrected chi connectivity index (χ2v) is 8.73. The molecule has 0 aliphatic rings. The van der Waals surface area contributed by atoms with Crippen molar-refractivity contribution in [3.63, 3.8) is 0 Å². The Kier molecular flexibility index (Phi) is 6.35. The summed E-state index contributed by atoms with van der Waals surface area (Å²) in [5.41, 5.74) is 6.71. The van der Waals surface area contributed by atoms with Crippen LogP contribution in [0.4, 0.5) is 0 Å². The first kappa shape index (κ1) is 21.8. The van der Waals surface area contributed by atoms with E-state index in [2.05, 4.69) is 65.6 Å². The molecule has 5 heteroatoms. The van der Waals surface area contributed by atoms with Crippen molar-refractivity contribution in [3.8, 4) is 11.1 Å². The molecule has 2 heterocycles. The van der Waals surface area contributed by atoms with Gasteiger partial charge in [0, 0.05) is 17.8 Å². The van der Waals surface area contributed by atoms with E-state index in [4.69, 9.17) is 0 Å². The molecule has 0 unspecified atom stereocenters. The Hall–Kier alpha value is -3.47. The van der Waals surface area contributed by atoms with Gasteiger partial charge in [-0.25, -0.2) is 9.50 Å². The van der Waals surface area contributed by atoms with Gasteiger partial charge in [0.05, 0.1) is 17.5 Å². The molecule has 2 aromatic carbocycles. The number of hydrogen-bond acceptors (Lipinski definition) is 3. The number of carbonyl (C=O) groups excluding carboxylic acids is 1. The second kappa shape index (κ2) is 9.35. The Bertz CT molecular complexity index is 1210. The van der Waals surface area contributed by atoms with Crippen molar-refractivity contribution in [1.29, 1.82) is 0 Å². The van der Waals surface area contributed by atoms with Crippen molar-refractivity contribution in [2.75, 3.05) is 0 Å². The maximum absolute atomic E-state index is 12.9. The summed E-state index contributed by atoms with van der Waals surface area (Å²) < 4.78 is 1.76. The summed E-state index contributed by atoms with van der Waals surface area (Å²) in [6, 6.07) is 18.9. The van der Waals surface area contributed by atoms with E-state index in [9.17, 15) is 4.79 Å². The highest BCUT2D eigenvalue weighted by Crippen LogP contribution is 2.26. The number of carbonyl (C=O) groups is 1. The lowest BCUT2D eigenvalue weighted by molar-refractivity contribution is 0.0936. The summed E-state index contributed by atoms with van der Waals surface area (Å²) in [6.07, 6.45) is 5.29. The fourth-order valence-corrected chi connectivity index (χ4v) is 3.92. The fraction of sp³-hybridized carbons (Fsp3) is 0.296. The highest BCUT2D eigenvalue weighted by atomic mass is 16.1. The van der Waals surface area contributed by atoms with Gasteiger partial charge in [0.2, 0.25) is 0 Å². The lowest BCUT2D eigenvalue weighted by atomic mass is 10.00. The first-order chi connectivity index (χ1) is 15.4. The number of nitrogens with one attached hydrogen (secondary N) is 1. The van der Waals surface area contributed by atoms with Crippen molar-refractivity contribution < 1.29 is 4.79 Å². The first-order valence-electron chi connectivity index (χ1n) is 11.2. The predicted octanol–water partition coefficient (Wildman–Crippen LogP) is 5.58. The van der Waals surface area contributed by atoms with Crippen molar-refractivity contribution in [2.45, 2.75) is 52.5 Å². The molecule has 2 aromatic heterocycles. The van der Waals surface area contributed by atoms with E-state index in [1.54, 1.807) is 10.7 Å². The van der Waals surface area contributed by atoms with E-state index < -0.39 is 0 Å². The number of benzene rings is 2. The van der Waals surface area contributed by atoms with Crippen LogP contribution < -0.4 is 5.32 Å². The van der Waals surface area contributed by atoms with Gasteiger partial charge in [0.25, 0.3) is 5.91 Å². The smallest absolute Gasteiger partial charge is 0.254 e. The summed E-state index contributed by atoms with van der Waals surface area (Å²) in [5.74, 6) is 0.375. The topological polar surface area (TPSA) is 59.3 Å². The largest absolute Gasteiger partial charge is 0.349 e. The van der Waals surface area contributed by atoms with Crippen LogP contribution in [0.1, 0.15) is 60.3 Å². The minimum absolute atomic E-state index is 0.0606. The molecule has 1 amide bonds. The van der Waals surface area contributed by atoms with Crippen LogP contribution in [0.5, 0.6) is 0 Å². The third-order valence-corrected chi connectivity index (χ3v) is 5.99. The monoisotopic (exact) mass is 426 g/mol. The number of nitrogens with zero attached hydrogens (tertiary/aromatic N) is 3. The zero-order chi connectivity index (χ0) is 22.7. The van der Waals surface area contributed by atoms with E-state index in [-0.39, 0.29) is 11.9 Å². The Balaban J connectivity index is 1.50. The van der Waals surface area contributed by atoms with E-state index in [1.165, 1.54) is 11.1 Å². The highest BCUT2D eigenvalue weighted by Gasteiger charge is 2.18. The highest BCUT2D eigenvalue weighted by molar-refractivity contribution is 5.95. The number of aromatic nitrogens is 3. The van der Waals surface area contributed by atoms with Gasteiger partial charge in [-0.05, 0) is 49.3 Å². The molecule has 0 fully saturated rings. The molecule has 0 aliphatic heterocycles. The van der Waals surface area contributed by atoms with Gasteiger partial charge in [-0.3, -0.25) is 4.79 Å². The summed E-state index contributed by atoms with van der Waals surface area (Å²) in [7, 11) is 0. The molecule has 1 atom stereocenters. The number of aryl methyl sites for hydroxylation is 2. The van der Waals surface area contributed by atoms with Gasteiger partial charge >= 0.3 is 0 Å². The molecule has 0 bridgehead atoms. The van der Waals surface area contributed by atoms with Crippen molar-refractivity contribution >= 4 is 11.6 Å². The SMILES string of the molecule is Cc1c(C(=O)N[C@@H](C)CCc2ccccc2)cnc2c(-c3ccc(C(C)C)cc3)cnn12. The molecular formula is C27H30N4O. The zero-order valence-electron chi connectivity index (χ0n) is 19.2. The van der Waals surface area contributed by atoms with Gasteiger partial charge in [0.15, 0.2) is 5.65 Å². The summed E-state index contributed by atoms with van der Waals surface area (Å²) in [5, 5.41) is 7.63. The van der Waals surface area contributed by atoms with Gasteiger partial charge in [-0.2, -0.15) is 5.10 Å². The van der Waals surface area contributed by atoms with Gasteiger partial charge in [-0.1, -0.05) is 68.4 Å². The lowest BCUT2D eigenvalue weighted by Crippen LogP contribution is -2.33. The quantitative estimate of drug-likeness (QED) is 0.420. The summed E-state index contributed by atoms with van der Waals surface area (Å²) >= 11 is 0. The first-order valence-corrected chi connectivity index (χ1v) is 11.2. The van der Waals surface area contributed by atoms with Crippen molar-refractivity contribution in [3.05, 3.63) is 89.4 Å². The molecule has 164 valence electrons. The fourth-order valence-electron chi connectivity index (χ4n) is 3.92. The van der Waals surface area contributed by atoms with Crippen LogP contribution in [-0.4, -0.2) is 26.5 Å². The summed E-state index contributed by atoms with van der Waals surface area (Å²) in [4.78, 5) is 17.5. The van der Waals surface area contributed by atoms with Crippen LogP contribution in [0.15, 0.2) is 67.0 Å². The van der Waals surface area contributed by atoms with Gasteiger partial charge in [0.1, 0.15) is 0 Å². The predicted molar refractivity (Wildman–Crippen MR) is 129 cm³/mol. The third-order valence-electron chi connectivity index (χ3n) is 5.99. The maximum Gasteiger partial charge on any atom is 0.254 e. The Morgan fingerprint density at radius 2 is 1.72 bits per heavy atom. The molecule has 0 saturated carbocycles. The Labute approximate surface area is 189 Å². The van der Waals surface area contributed by atoms with Gasteiger partial charge in [-0.15, -0.1) is 0 Å². The van der Waals surface area contributed by atoms with E-state index in [1.807, 2.05) is 38.2 Å². The van der Waals surface area contributed by atoms with Crippen LogP contribution in [-0.2, 0) is 6.42 Å². The number of rotatable bonds is 7. The molecular weight excluding hydrogens is 396 g/mol. The number of fused-ring (bicyclic) bond motifs is 1. The molecule has 4 aromatic rings. The third kappa shape index (κ3) is 4.57. The lowest BCUT2D eigenvalue weighted by Gasteiger charge is -2.15. The van der Waals surface area contributed by atoms with Crippen LogP contribution in [0.25, 0.3) is 16.8 Å². The molecule has 32 heavy (non-hydrogen) atoms. The molecule has 5 nitrogen and oxygen atoms in total. The average molecular weight is 427 g/mol. The minimum atomic E-state index is -0.115. The van der Waals surface area contributed by atoms with Crippen LogP contribution in [0.3, 0.4) is 0 Å². The maximum atomic E-state index is 12.9. The Morgan fingerprint density at radius 3 is 2.41 bits per heavy atom.